The van der Waals surface area contributed by atoms with Gasteiger partial charge in [0, 0.05) is 18.7 Å². The second-order valence-electron chi connectivity index (χ2n) is 6.62. The smallest absolute Gasteiger partial charge is 0.0671 e. The molecule has 0 bridgehead atoms. The molecule has 0 aliphatic heterocycles. The van der Waals surface area contributed by atoms with E-state index in [1.807, 2.05) is 0 Å². The zero-order valence-corrected chi connectivity index (χ0v) is 11.6. The van der Waals surface area contributed by atoms with Crippen LogP contribution in [0.25, 0.3) is 0 Å². The fourth-order valence-corrected chi connectivity index (χ4v) is 1.08. The quantitative estimate of drug-likeness (QED) is 0.760. The van der Waals surface area contributed by atoms with Crippen LogP contribution in [0.2, 0.25) is 0 Å². The van der Waals surface area contributed by atoms with Crippen molar-refractivity contribution in [3.05, 3.63) is 0 Å². The Bertz CT molecular complexity index is 164. The summed E-state index contributed by atoms with van der Waals surface area (Å²) < 4.78 is 5.75. The fraction of sp³-hybridized carbons (Fsp3) is 1.00. The fourth-order valence-electron chi connectivity index (χ4n) is 1.08. The van der Waals surface area contributed by atoms with Gasteiger partial charge in [-0.2, -0.15) is 0 Å². The zero-order chi connectivity index (χ0) is 12.1. The van der Waals surface area contributed by atoms with Crippen LogP contribution in [0.5, 0.6) is 0 Å². The summed E-state index contributed by atoms with van der Waals surface area (Å²) in [7, 11) is 0. The number of nitrogens with one attached hydrogen (secondary N) is 1. The van der Waals surface area contributed by atoms with Crippen LogP contribution < -0.4 is 5.32 Å². The summed E-state index contributed by atoms with van der Waals surface area (Å²) in [4.78, 5) is 0. The molecule has 0 saturated heterocycles. The van der Waals surface area contributed by atoms with Crippen LogP contribution >= 0.6 is 0 Å². The van der Waals surface area contributed by atoms with E-state index in [0.29, 0.717) is 11.5 Å². The highest BCUT2D eigenvalue weighted by molar-refractivity contribution is 4.72. The summed E-state index contributed by atoms with van der Waals surface area (Å²) in [6.45, 7) is 17.2. The van der Waals surface area contributed by atoms with Gasteiger partial charge in [-0.05, 0) is 39.5 Å². The molecule has 0 rings (SSSR count). The second-order valence-corrected chi connectivity index (χ2v) is 6.62. The summed E-state index contributed by atoms with van der Waals surface area (Å²) in [5.41, 5.74) is 0.554. The molecule has 0 spiro atoms. The van der Waals surface area contributed by atoms with Gasteiger partial charge in [0.05, 0.1) is 6.10 Å². The van der Waals surface area contributed by atoms with E-state index >= 15 is 0 Å². The average molecular weight is 215 g/mol. The first-order valence-electron chi connectivity index (χ1n) is 5.97. The third kappa shape index (κ3) is 11.8. The molecule has 1 atom stereocenters. The third-order valence-corrected chi connectivity index (χ3v) is 2.17. The minimum atomic E-state index is 0.182. The van der Waals surface area contributed by atoms with Gasteiger partial charge in [-0.1, -0.05) is 20.8 Å². The Kier molecular flexibility index (Phi) is 5.82. The van der Waals surface area contributed by atoms with Crippen LogP contribution in [0.3, 0.4) is 0 Å². The van der Waals surface area contributed by atoms with Gasteiger partial charge >= 0.3 is 0 Å². The Morgan fingerprint density at radius 2 is 1.60 bits per heavy atom. The highest BCUT2D eigenvalue weighted by Crippen LogP contribution is 2.18. The molecule has 0 saturated carbocycles. The minimum Gasteiger partial charge on any atom is -0.377 e. The van der Waals surface area contributed by atoms with Crippen molar-refractivity contribution in [2.45, 2.75) is 66.5 Å². The second kappa shape index (κ2) is 5.86. The van der Waals surface area contributed by atoms with Gasteiger partial charge in [0.25, 0.3) is 0 Å². The van der Waals surface area contributed by atoms with E-state index in [0.717, 1.165) is 19.6 Å². The molecule has 0 radical (unpaired) electrons. The van der Waals surface area contributed by atoms with Crippen LogP contribution in [-0.2, 0) is 4.74 Å². The molecule has 15 heavy (non-hydrogen) atoms. The third-order valence-electron chi connectivity index (χ3n) is 2.17. The van der Waals surface area contributed by atoms with E-state index in [1.165, 1.54) is 0 Å². The van der Waals surface area contributed by atoms with Crippen molar-refractivity contribution in [3.63, 3.8) is 0 Å². The lowest BCUT2D eigenvalue weighted by molar-refractivity contribution is 0.0456. The molecule has 0 aromatic rings. The highest BCUT2D eigenvalue weighted by Gasteiger charge is 2.13. The largest absolute Gasteiger partial charge is 0.377 e. The number of hydrogen-bond acceptors (Lipinski definition) is 2. The summed E-state index contributed by atoms with van der Waals surface area (Å²) in [6, 6.07) is 0. The van der Waals surface area contributed by atoms with Gasteiger partial charge in [-0.3, -0.25) is 0 Å². The Balaban J connectivity index is 3.54. The topological polar surface area (TPSA) is 21.3 Å². The monoisotopic (exact) mass is 215 g/mol. The van der Waals surface area contributed by atoms with Gasteiger partial charge in [-0.15, -0.1) is 0 Å². The molecule has 2 nitrogen and oxygen atoms in total. The Morgan fingerprint density at radius 3 is 2.00 bits per heavy atom. The maximum Gasteiger partial charge on any atom is 0.0671 e. The maximum absolute atomic E-state index is 5.75. The SMILES string of the molecule is CC(CNC(C)(C)C)OCCC(C)(C)C. The van der Waals surface area contributed by atoms with Gasteiger partial charge < -0.3 is 10.1 Å². The van der Waals surface area contributed by atoms with E-state index in [2.05, 4.69) is 53.8 Å². The van der Waals surface area contributed by atoms with Crippen molar-refractivity contribution in [1.29, 1.82) is 0 Å². The molecule has 0 fully saturated rings. The Morgan fingerprint density at radius 1 is 1.07 bits per heavy atom. The molecule has 0 aliphatic carbocycles. The molecule has 0 aliphatic rings. The number of ether oxygens (including phenoxy) is 1. The van der Waals surface area contributed by atoms with Crippen LogP contribution in [0.4, 0.5) is 0 Å². The zero-order valence-electron chi connectivity index (χ0n) is 11.6. The van der Waals surface area contributed by atoms with E-state index < -0.39 is 0 Å². The molecule has 0 aromatic carbocycles. The van der Waals surface area contributed by atoms with Crippen molar-refractivity contribution >= 4 is 0 Å². The summed E-state index contributed by atoms with van der Waals surface area (Å²) in [6.07, 6.45) is 1.42. The van der Waals surface area contributed by atoms with Crippen LogP contribution in [0, 0.1) is 5.41 Å². The molecular weight excluding hydrogens is 186 g/mol. The highest BCUT2D eigenvalue weighted by atomic mass is 16.5. The molecule has 0 amide bonds. The number of rotatable bonds is 5. The molecule has 2 heteroatoms. The predicted molar refractivity (Wildman–Crippen MR) is 67.2 cm³/mol. The summed E-state index contributed by atoms with van der Waals surface area (Å²) in [5.74, 6) is 0. The van der Waals surface area contributed by atoms with Gasteiger partial charge in [0.15, 0.2) is 0 Å². The van der Waals surface area contributed by atoms with Gasteiger partial charge in [0.1, 0.15) is 0 Å². The number of hydrogen-bond donors (Lipinski definition) is 1. The first kappa shape index (κ1) is 14.9. The molecule has 0 heterocycles. The van der Waals surface area contributed by atoms with Crippen LogP contribution in [-0.4, -0.2) is 24.8 Å². The molecule has 0 aromatic heterocycles. The normalized spacial score (nSPS) is 15.4. The lowest BCUT2D eigenvalue weighted by Gasteiger charge is -2.24. The van der Waals surface area contributed by atoms with Crippen molar-refractivity contribution < 1.29 is 4.74 Å². The standard InChI is InChI=1S/C13H29NO/c1-11(10-14-13(5,6)7)15-9-8-12(2,3)4/h11,14H,8-10H2,1-7H3. The molecule has 1 unspecified atom stereocenters. The van der Waals surface area contributed by atoms with E-state index in [4.69, 9.17) is 4.74 Å². The molecule has 1 N–H and O–H groups in total. The Hall–Kier alpha value is -0.0800. The van der Waals surface area contributed by atoms with Crippen molar-refractivity contribution in [2.75, 3.05) is 13.2 Å². The Labute approximate surface area is 95.8 Å². The van der Waals surface area contributed by atoms with Crippen molar-refractivity contribution in [3.8, 4) is 0 Å². The minimum absolute atomic E-state index is 0.182. The lowest BCUT2D eigenvalue weighted by Crippen LogP contribution is -2.40. The lowest BCUT2D eigenvalue weighted by atomic mass is 9.93. The first-order valence-corrected chi connectivity index (χ1v) is 5.97. The van der Waals surface area contributed by atoms with E-state index in [-0.39, 0.29) is 5.54 Å². The van der Waals surface area contributed by atoms with Gasteiger partial charge in [0.2, 0.25) is 0 Å². The molecular formula is C13H29NO. The van der Waals surface area contributed by atoms with Crippen LogP contribution in [0.1, 0.15) is 54.9 Å². The predicted octanol–water partition coefficient (Wildman–Crippen LogP) is 3.22. The van der Waals surface area contributed by atoms with E-state index in [1.54, 1.807) is 0 Å². The van der Waals surface area contributed by atoms with Crippen molar-refractivity contribution in [1.82, 2.24) is 5.32 Å². The average Bonchev–Trinajstić information content (AvgIpc) is 1.97. The van der Waals surface area contributed by atoms with Crippen LogP contribution in [0.15, 0.2) is 0 Å². The summed E-state index contributed by atoms with van der Waals surface area (Å²) >= 11 is 0. The van der Waals surface area contributed by atoms with Gasteiger partial charge in [-0.25, -0.2) is 0 Å². The summed E-state index contributed by atoms with van der Waals surface area (Å²) in [5, 5.41) is 3.44. The first-order chi connectivity index (χ1) is 6.60. The van der Waals surface area contributed by atoms with E-state index in [9.17, 15) is 0 Å². The maximum atomic E-state index is 5.75. The molecule has 92 valence electrons. The van der Waals surface area contributed by atoms with Crippen molar-refractivity contribution in [2.24, 2.45) is 5.41 Å².